The Bertz CT molecular complexity index is 440. The van der Waals surface area contributed by atoms with Crippen molar-refractivity contribution in [3.8, 4) is 11.5 Å². The van der Waals surface area contributed by atoms with Crippen LogP contribution in [0, 0.1) is 0 Å². The van der Waals surface area contributed by atoms with Gasteiger partial charge in [-0.25, -0.2) is 0 Å². The third-order valence-corrected chi connectivity index (χ3v) is 3.71. The Morgan fingerprint density at radius 3 is 2.45 bits per heavy atom. The first-order chi connectivity index (χ1) is 9.56. The third kappa shape index (κ3) is 3.44. The van der Waals surface area contributed by atoms with Gasteiger partial charge in [-0.05, 0) is 50.6 Å². The van der Waals surface area contributed by atoms with Crippen molar-refractivity contribution < 1.29 is 9.47 Å². The Kier molecular flexibility index (Phi) is 4.89. The van der Waals surface area contributed by atoms with Gasteiger partial charge in [-0.15, -0.1) is 0 Å². The zero-order valence-corrected chi connectivity index (χ0v) is 12.8. The highest BCUT2D eigenvalue weighted by atomic mass is 16.7. The summed E-state index contributed by atoms with van der Waals surface area (Å²) in [6, 6.07) is 6.09. The lowest BCUT2D eigenvalue weighted by atomic mass is 9.99. The Labute approximate surface area is 121 Å². The Morgan fingerprint density at radius 2 is 1.80 bits per heavy atom. The van der Waals surface area contributed by atoms with Gasteiger partial charge in [0, 0.05) is 6.42 Å². The smallest absolute Gasteiger partial charge is 0.231 e. The van der Waals surface area contributed by atoms with E-state index in [4.69, 9.17) is 15.2 Å². The van der Waals surface area contributed by atoms with Gasteiger partial charge < -0.3 is 15.2 Å². The van der Waals surface area contributed by atoms with Crippen LogP contribution in [0.1, 0.15) is 39.2 Å². The molecule has 0 fully saturated rings. The molecule has 0 spiro atoms. The highest BCUT2D eigenvalue weighted by Gasteiger charge is 2.27. The van der Waals surface area contributed by atoms with E-state index in [2.05, 4.69) is 31.7 Å². The number of nitrogens with zero attached hydrogens (tertiary/aromatic N) is 1. The van der Waals surface area contributed by atoms with Crippen LogP contribution in [0.5, 0.6) is 11.5 Å². The lowest BCUT2D eigenvalue weighted by Gasteiger charge is -2.38. The van der Waals surface area contributed by atoms with E-state index >= 15 is 0 Å². The van der Waals surface area contributed by atoms with E-state index in [9.17, 15) is 0 Å². The summed E-state index contributed by atoms with van der Waals surface area (Å²) in [5.41, 5.74) is 7.42. The molecule has 0 bridgehead atoms. The number of benzene rings is 1. The number of hydrogen-bond acceptors (Lipinski definition) is 4. The maximum Gasteiger partial charge on any atom is 0.231 e. The van der Waals surface area contributed by atoms with Gasteiger partial charge in [-0.1, -0.05) is 19.9 Å². The molecule has 2 rings (SSSR count). The van der Waals surface area contributed by atoms with Crippen molar-refractivity contribution in [1.82, 2.24) is 4.90 Å². The molecule has 0 aliphatic carbocycles. The minimum atomic E-state index is -0.334. The van der Waals surface area contributed by atoms with E-state index in [-0.39, 0.29) is 5.66 Å². The summed E-state index contributed by atoms with van der Waals surface area (Å²) in [6.07, 6.45) is 3.05. The fraction of sp³-hybridized carbons (Fsp3) is 0.625. The molecule has 1 aromatic carbocycles. The largest absolute Gasteiger partial charge is 0.454 e. The lowest BCUT2D eigenvalue weighted by molar-refractivity contribution is 0.108. The number of hydrogen-bond donors (Lipinski definition) is 1. The summed E-state index contributed by atoms with van der Waals surface area (Å²) in [6.45, 7) is 8.88. The molecule has 1 aliphatic rings. The van der Waals surface area contributed by atoms with Gasteiger partial charge in [0.2, 0.25) is 6.79 Å². The molecule has 1 heterocycles. The first-order valence-electron chi connectivity index (χ1n) is 7.49. The number of nitrogens with two attached hydrogens (primary N) is 1. The standard InChI is InChI=1S/C16H26N2O2/c1-4-8-18(9-5-2)16(3,17)11-13-6-7-14-15(10-13)20-12-19-14/h6-7,10H,4-5,8-9,11-12,17H2,1-3H3. The SMILES string of the molecule is CCCN(CCC)C(C)(N)Cc1ccc2c(c1)OCO2. The van der Waals surface area contributed by atoms with Crippen molar-refractivity contribution in [2.45, 2.75) is 45.7 Å². The van der Waals surface area contributed by atoms with Gasteiger partial charge in [-0.3, -0.25) is 4.90 Å². The topological polar surface area (TPSA) is 47.7 Å². The van der Waals surface area contributed by atoms with Crippen molar-refractivity contribution >= 4 is 0 Å². The molecule has 0 saturated heterocycles. The second-order valence-electron chi connectivity index (χ2n) is 5.71. The van der Waals surface area contributed by atoms with E-state index in [0.29, 0.717) is 6.79 Å². The second kappa shape index (κ2) is 6.46. The zero-order chi connectivity index (χ0) is 14.6. The molecular formula is C16H26N2O2. The van der Waals surface area contributed by atoms with E-state index in [0.717, 1.165) is 43.9 Å². The average Bonchev–Trinajstić information content (AvgIpc) is 2.85. The first-order valence-corrected chi connectivity index (χ1v) is 7.49. The molecular weight excluding hydrogens is 252 g/mol. The quantitative estimate of drug-likeness (QED) is 0.779. The molecule has 1 aliphatic heterocycles. The van der Waals surface area contributed by atoms with E-state index in [1.54, 1.807) is 0 Å². The maximum absolute atomic E-state index is 6.56. The van der Waals surface area contributed by atoms with Gasteiger partial charge >= 0.3 is 0 Å². The molecule has 0 aromatic heterocycles. The van der Waals surface area contributed by atoms with Crippen molar-refractivity contribution in [3.05, 3.63) is 23.8 Å². The van der Waals surface area contributed by atoms with E-state index < -0.39 is 0 Å². The van der Waals surface area contributed by atoms with E-state index in [1.165, 1.54) is 5.56 Å². The number of ether oxygens (including phenoxy) is 2. The molecule has 4 heteroatoms. The fourth-order valence-corrected chi connectivity index (χ4v) is 2.74. The van der Waals surface area contributed by atoms with Crippen molar-refractivity contribution in [3.63, 3.8) is 0 Å². The highest BCUT2D eigenvalue weighted by Crippen LogP contribution is 2.33. The minimum absolute atomic E-state index is 0.316. The molecule has 112 valence electrons. The normalized spacial score (nSPS) is 16.4. The third-order valence-electron chi connectivity index (χ3n) is 3.71. The van der Waals surface area contributed by atoms with Gasteiger partial charge in [0.25, 0.3) is 0 Å². The van der Waals surface area contributed by atoms with Crippen molar-refractivity contribution in [1.29, 1.82) is 0 Å². The summed E-state index contributed by atoms with van der Waals surface area (Å²) < 4.78 is 10.8. The molecule has 1 aromatic rings. The van der Waals surface area contributed by atoms with Crippen LogP contribution in [-0.4, -0.2) is 30.4 Å². The van der Waals surface area contributed by atoms with Gasteiger partial charge in [0.05, 0.1) is 5.66 Å². The van der Waals surface area contributed by atoms with Crippen LogP contribution in [0.3, 0.4) is 0 Å². The molecule has 0 radical (unpaired) electrons. The second-order valence-corrected chi connectivity index (χ2v) is 5.71. The van der Waals surface area contributed by atoms with Gasteiger partial charge in [0.15, 0.2) is 11.5 Å². The van der Waals surface area contributed by atoms with Gasteiger partial charge in [-0.2, -0.15) is 0 Å². The molecule has 1 atom stereocenters. The van der Waals surface area contributed by atoms with Crippen molar-refractivity contribution in [2.24, 2.45) is 5.73 Å². The van der Waals surface area contributed by atoms with Crippen molar-refractivity contribution in [2.75, 3.05) is 19.9 Å². The predicted molar refractivity (Wildman–Crippen MR) is 81.0 cm³/mol. The molecule has 2 N–H and O–H groups in total. The Balaban J connectivity index is 2.09. The lowest BCUT2D eigenvalue weighted by Crippen LogP contribution is -2.55. The molecule has 1 unspecified atom stereocenters. The van der Waals surface area contributed by atoms with Gasteiger partial charge in [0.1, 0.15) is 0 Å². The summed E-state index contributed by atoms with van der Waals surface area (Å²) in [5, 5.41) is 0. The van der Waals surface area contributed by atoms with Crippen LogP contribution >= 0.6 is 0 Å². The molecule has 4 nitrogen and oxygen atoms in total. The van der Waals surface area contributed by atoms with Crippen LogP contribution in [0.2, 0.25) is 0 Å². The summed E-state index contributed by atoms with van der Waals surface area (Å²) in [7, 11) is 0. The molecule has 0 amide bonds. The monoisotopic (exact) mass is 278 g/mol. The number of rotatable bonds is 7. The van der Waals surface area contributed by atoms with Crippen LogP contribution in [-0.2, 0) is 6.42 Å². The summed E-state index contributed by atoms with van der Waals surface area (Å²) in [4.78, 5) is 2.37. The summed E-state index contributed by atoms with van der Waals surface area (Å²) in [5.74, 6) is 1.65. The Morgan fingerprint density at radius 1 is 1.15 bits per heavy atom. The first kappa shape index (κ1) is 15.1. The highest BCUT2D eigenvalue weighted by molar-refractivity contribution is 5.44. The maximum atomic E-state index is 6.56. The zero-order valence-electron chi connectivity index (χ0n) is 12.8. The minimum Gasteiger partial charge on any atom is -0.454 e. The van der Waals surface area contributed by atoms with Crippen LogP contribution in [0.4, 0.5) is 0 Å². The van der Waals surface area contributed by atoms with Crippen LogP contribution in [0.15, 0.2) is 18.2 Å². The Hall–Kier alpha value is -1.26. The molecule has 0 saturated carbocycles. The molecule has 20 heavy (non-hydrogen) atoms. The fourth-order valence-electron chi connectivity index (χ4n) is 2.74. The van der Waals surface area contributed by atoms with E-state index in [1.807, 2.05) is 12.1 Å². The van der Waals surface area contributed by atoms with Crippen LogP contribution < -0.4 is 15.2 Å². The average molecular weight is 278 g/mol. The summed E-state index contributed by atoms with van der Waals surface area (Å²) >= 11 is 0. The number of fused-ring (bicyclic) bond motifs is 1. The predicted octanol–water partition coefficient (Wildman–Crippen LogP) is 2.75. The van der Waals surface area contributed by atoms with Crippen LogP contribution in [0.25, 0.3) is 0 Å².